The summed E-state index contributed by atoms with van der Waals surface area (Å²) in [5.74, 6) is -0.521. The van der Waals surface area contributed by atoms with Crippen molar-refractivity contribution in [2.45, 2.75) is 19.0 Å². The first-order valence-corrected chi connectivity index (χ1v) is 5.75. The molecular weight excluding hydrogens is 230 g/mol. The number of hydrogen-bond acceptors (Lipinski definition) is 3. The van der Waals surface area contributed by atoms with Crippen LogP contribution in [0.15, 0.2) is 30.3 Å². The second-order valence-corrected chi connectivity index (χ2v) is 4.35. The van der Waals surface area contributed by atoms with Crippen molar-refractivity contribution in [2.75, 3.05) is 14.1 Å². The Kier molecular flexibility index (Phi) is 4.85. The van der Waals surface area contributed by atoms with Crippen molar-refractivity contribution in [3.05, 3.63) is 35.9 Å². The predicted octanol–water partition coefficient (Wildman–Crippen LogP) is 0.279. The fourth-order valence-corrected chi connectivity index (χ4v) is 1.56. The molecule has 3 N–H and O–H groups in total. The number of likely N-dealkylation sites (N-methyl/N-ethyl adjacent to an activating group) is 1. The molecule has 5 heteroatoms. The van der Waals surface area contributed by atoms with E-state index in [1.165, 1.54) is 4.90 Å². The number of rotatable bonds is 4. The van der Waals surface area contributed by atoms with Gasteiger partial charge in [-0.3, -0.25) is 9.59 Å². The molecule has 2 atom stereocenters. The van der Waals surface area contributed by atoms with E-state index < -0.39 is 12.1 Å². The van der Waals surface area contributed by atoms with Crippen molar-refractivity contribution in [3.63, 3.8) is 0 Å². The average molecular weight is 249 g/mol. The van der Waals surface area contributed by atoms with E-state index in [1.54, 1.807) is 33.2 Å². The summed E-state index contributed by atoms with van der Waals surface area (Å²) in [5.41, 5.74) is 6.55. The second kappa shape index (κ2) is 6.16. The Hall–Kier alpha value is -1.88. The van der Waals surface area contributed by atoms with Crippen LogP contribution in [0.3, 0.4) is 0 Å². The van der Waals surface area contributed by atoms with Gasteiger partial charge < -0.3 is 16.0 Å². The molecule has 0 aromatic heterocycles. The van der Waals surface area contributed by atoms with Crippen LogP contribution in [-0.2, 0) is 9.59 Å². The molecule has 0 fully saturated rings. The molecule has 0 aliphatic rings. The number of amides is 2. The van der Waals surface area contributed by atoms with Crippen LogP contribution in [0.4, 0.5) is 0 Å². The molecule has 0 aliphatic carbocycles. The molecule has 1 aromatic carbocycles. The fraction of sp³-hybridized carbons (Fsp3) is 0.385. The molecule has 0 spiro atoms. The van der Waals surface area contributed by atoms with E-state index in [0.29, 0.717) is 0 Å². The highest BCUT2D eigenvalue weighted by Crippen LogP contribution is 2.09. The van der Waals surface area contributed by atoms with Gasteiger partial charge in [-0.05, 0) is 12.5 Å². The minimum absolute atomic E-state index is 0.163. The van der Waals surface area contributed by atoms with Gasteiger partial charge in [0.25, 0.3) is 0 Å². The van der Waals surface area contributed by atoms with Crippen molar-refractivity contribution in [1.82, 2.24) is 10.2 Å². The van der Waals surface area contributed by atoms with Gasteiger partial charge in [-0.15, -0.1) is 0 Å². The molecule has 0 saturated heterocycles. The van der Waals surface area contributed by atoms with E-state index in [1.807, 2.05) is 18.2 Å². The number of carbonyl (C=O) groups excluding carboxylic acids is 2. The molecule has 2 amide bonds. The molecule has 0 saturated carbocycles. The van der Waals surface area contributed by atoms with Crippen molar-refractivity contribution in [1.29, 1.82) is 0 Å². The molecular formula is C13H19N3O2. The van der Waals surface area contributed by atoms with Gasteiger partial charge in [0.05, 0.1) is 0 Å². The SMILES string of the molecule is CC(NC(=O)[C@@H](N)c1ccccc1)C(=O)N(C)C. The normalized spacial score (nSPS) is 13.6. The molecule has 5 nitrogen and oxygen atoms in total. The number of benzene rings is 1. The summed E-state index contributed by atoms with van der Waals surface area (Å²) in [7, 11) is 3.28. The maximum absolute atomic E-state index is 11.9. The largest absolute Gasteiger partial charge is 0.347 e. The standard InChI is InChI=1S/C13H19N3O2/c1-9(13(18)16(2)3)15-12(17)11(14)10-7-5-4-6-8-10/h4-9,11H,14H2,1-3H3,(H,15,17)/t9?,11-/m0/s1. The van der Waals surface area contributed by atoms with Crippen molar-refractivity contribution < 1.29 is 9.59 Å². The van der Waals surface area contributed by atoms with Gasteiger partial charge in [-0.1, -0.05) is 30.3 Å². The van der Waals surface area contributed by atoms with E-state index in [2.05, 4.69) is 5.32 Å². The molecule has 1 rings (SSSR count). The van der Waals surface area contributed by atoms with Gasteiger partial charge in [-0.25, -0.2) is 0 Å². The Balaban J connectivity index is 2.64. The van der Waals surface area contributed by atoms with E-state index in [-0.39, 0.29) is 11.8 Å². The summed E-state index contributed by atoms with van der Waals surface area (Å²) in [4.78, 5) is 24.9. The van der Waals surface area contributed by atoms with Crippen molar-refractivity contribution in [2.24, 2.45) is 5.73 Å². The zero-order chi connectivity index (χ0) is 13.7. The summed E-state index contributed by atoms with van der Waals surface area (Å²) < 4.78 is 0. The maximum atomic E-state index is 11.9. The first kappa shape index (κ1) is 14.2. The van der Waals surface area contributed by atoms with Crippen LogP contribution in [-0.4, -0.2) is 36.9 Å². The summed E-state index contributed by atoms with van der Waals surface area (Å²) >= 11 is 0. The summed E-state index contributed by atoms with van der Waals surface area (Å²) in [6.07, 6.45) is 0. The number of nitrogens with two attached hydrogens (primary N) is 1. The lowest BCUT2D eigenvalue weighted by molar-refractivity contribution is -0.134. The monoisotopic (exact) mass is 249 g/mol. The number of nitrogens with one attached hydrogen (secondary N) is 1. The van der Waals surface area contributed by atoms with Crippen molar-refractivity contribution >= 4 is 11.8 Å². The van der Waals surface area contributed by atoms with Gasteiger partial charge in [0.2, 0.25) is 11.8 Å². The highest BCUT2D eigenvalue weighted by molar-refractivity contribution is 5.89. The highest BCUT2D eigenvalue weighted by Gasteiger charge is 2.21. The lowest BCUT2D eigenvalue weighted by Crippen LogP contribution is -2.47. The number of nitrogens with zero attached hydrogens (tertiary/aromatic N) is 1. The van der Waals surface area contributed by atoms with Crippen LogP contribution in [0.5, 0.6) is 0 Å². The second-order valence-electron chi connectivity index (χ2n) is 4.35. The average Bonchev–Trinajstić information content (AvgIpc) is 2.37. The maximum Gasteiger partial charge on any atom is 0.244 e. The van der Waals surface area contributed by atoms with Crippen molar-refractivity contribution in [3.8, 4) is 0 Å². The zero-order valence-electron chi connectivity index (χ0n) is 10.9. The van der Waals surface area contributed by atoms with Gasteiger partial charge in [0, 0.05) is 14.1 Å². The third-order valence-corrected chi connectivity index (χ3v) is 2.61. The lowest BCUT2D eigenvalue weighted by Gasteiger charge is -2.20. The van der Waals surface area contributed by atoms with E-state index in [0.717, 1.165) is 5.56 Å². The zero-order valence-corrected chi connectivity index (χ0v) is 10.9. The fourth-order valence-electron chi connectivity index (χ4n) is 1.56. The Morgan fingerprint density at radius 3 is 2.28 bits per heavy atom. The Morgan fingerprint density at radius 2 is 1.78 bits per heavy atom. The number of hydrogen-bond donors (Lipinski definition) is 2. The lowest BCUT2D eigenvalue weighted by atomic mass is 10.1. The molecule has 0 heterocycles. The molecule has 0 radical (unpaired) electrons. The smallest absolute Gasteiger partial charge is 0.244 e. The van der Waals surface area contributed by atoms with Crippen LogP contribution in [0.2, 0.25) is 0 Å². The molecule has 0 bridgehead atoms. The van der Waals surface area contributed by atoms with E-state index >= 15 is 0 Å². The van der Waals surface area contributed by atoms with Gasteiger partial charge >= 0.3 is 0 Å². The molecule has 1 unspecified atom stereocenters. The number of carbonyl (C=O) groups is 2. The highest BCUT2D eigenvalue weighted by atomic mass is 16.2. The van der Waals surface area contributed by atoms with Gasteiger partial charge in [0.1, 0.15) is 12.1 Å². The third-order valence-electron chi connectivity index (χ3n) is 2.61. The minimum atomic E-state index is -0.761. The Morgan fingerprint density at radius 1 is 1.22 bits per heavy atom. The van der Waals surface area contributed by atoms with Crippen LogP contribution < -0.4 is 11.1 Å². The van der Waals surface area contributed by atoms with Crippen LogP contribution >= 0.6 is 0 Å². The molecule has 98 valence electrons. The van der Waals surface area contributed by atoms with E-state index in [4.69, 9.17) is 5.73 Å². The van der Waals surface area contributed by atoms with Gasteiger partial charge in [-0.2, -0.15) is 0 Å². The Bertz CT molecular complexity index is 418. The first-order chi connectivity index (χ1) is 8.43. The van der Waals surface area contributed by atoms with Gasteiger partial charge in [0.15, 0.2) is 0 Å². The molecule has 0 aliphatic heterocycles. The Labute approximate surface area is 107 Å². The molecule has 18 heavy (non-hydrogen) atoms. The van der Waals surface area contributed by atoms with Crippen LogP contribution in [0.1, 0.15) is 18.5 Å². The predicted molar refractivity (Wildman–Crippen MR) is 69.7 cm³/mol. The van der Waals surface area contributed by atoms with E-state index in [9.17, 15) is 9.59 Å². The summed E-state index contributed by atoms with van der Waals surface area (Å²) in [5, 5.41) is 2.60. The van der Waals surface area contributed by atoms with Crippen LogP contribution in [0, 0.1) is 0 Å². The quantitative estimate of drug-likeness (QED) is 0.804. The first-order valence-electron chi connectivity index (χ1n) is 5.75. The molecule has 1 aromatic rings. The summed E-state index contributed by atoms with van der Waals surface area (Å²) in [6, 6.07) is 7.71. The summed E-state index contributed by atoms with van der Waals surface area (Å²) in [6.45, 7) is 1.64. The van der Waals surface area contributed by atoms with Crippen LogP contribution in [0.25, 0.3) is 0 Å². The topological polar surface area (TPSA) is 75.4 Å². The minimum Gasteiger partial charge on any atom is -0.347 e. The third kappa shape index (κ3) is 3.56.